The van der Waals surface area contributed by atoms with E-state index in [1.165, 1.54) is 11.4 Å². The second-order valence-electron chi connectivity index (χ2n) is 7.88. The van der Waals surface area contributed by atoms with Crippen LogP contribution in [0.15, 0.2) is 5.38 Å². The van der Waals surface area contributed by atoms with Crippen LogP contribution >= 0.6 is 11.3 Å². The van der Waals surface area contributed by atoms with Crippen LogP contribution in [0.3, 0.4) is 0 Å². The monoisotopic (exact) mass is 449 g/mol. The number of halogens is 3. The maximum atomic E-state index is 12.3. The van der Waals surface area contributed by atoms with Crippen LogP contribution in [-0.4, -0.2) is 76.3 Å². The lowest BCUT2D eigenvalue weighted by Gasteiger charge is -2.48. The molecule has 3 saturated heterocycles. The van der Waals surface area contributed by atoms with Crippen molar-refractivity contribution in [2.75, 3.05) is 26.2 Å². The first-order valence-electron chi connectivity index (χ1n) is 9.99. The van der Waals surface area contributed by atoms with Gasteiger partial charge in [-0.05, 0) is 32.1 Å². The topological polar surface area (TPSA) is 83.0 Å². The van der Waals surface area contributed by atoms with Gasteiger partial charge in [0.25, 0.3) is 0 Å². The van der Waals surface area contributed by atoms with Crippen LogP contribution in [0.25, 0.3) is 0 Å². The number of nitrogens with zero attached hydrogens (tertiary/aromatic N) is 3. The molecule has 3 atom stereocenters. The number of carbonyl (C=O) groups excluding carboxylic acids is 1. The highest BCUT2D eigenvalue weighted by atomic mass is 32.1. The van der Waals surface area contributed by atoms with E-state index in [0.29, 0.717) is 18.2 Å². The summed E-state index contributed by atoms with van der Waals surface area (Å²) in [5, 5.41) is 10.4. The molecule has 3 fully saturated rings. The number of carboxylic acid groups (broad SMARTS) is 1. The quantitative estimate of drug-likeness (QED) is 0.764. The summed E-state index contributed by atoms with van der Waals surface area (Å²) >= 11 is 1.74. The molecule has 1 amide bonds. The van der Waals surface area contributed by atoms with E-state index < -0.39 is 12.1 Å². The predicted octanol–water partition coefficient (Wildman–Crippen LogP) is 2.69. The average molecular weight is 449 g/mol. The van der Waals surface area contributed by atoms with Crippen molar-refractivity contribution in [2.45, 2.75) is 57.5 Å². The molecule has 4 heterocycles. The fourth-order valence-electron chi connectivity index (χ4n) is 4.35. The Labute approximate surface area is 176 Å². The van der Waals surface area contributed by atoms with Crippen molar-refractivity contribution in [2.24, 2.45) is 5.92 Å². The molecule has 4 rings (SSSR count). The van der Waals surface area contributed by atoms with E-state index in [1.54, 1.807) is 11.3 Å². The summed E-state index contributed by atoms with van der Waals surface area (Å²) in [5.74, 6) is -1.89. The number of piperidine rings is 1. The van der Waals surface area contributed by atoms with Gasteiger partial charge in [0, 0.05) is 43.7 Å². The Bertz CT molecular complexity index is 758. The van der Waals surface area contributed by atoms with Crippen molar-refractivity contribution in [1.29, 1.82) is 0 Å². The fourth-order valence-corrected chi connectivity index (χ4v) is 5.16. The number of aliphatic carboxylic acids is 1. The number of aromatic nitrogens is 1. The zero-order valence-corrected chi connectivity index (χ0v) is 17.5. The number of rotatable bonds is 3. The lowest BCUT2D eigenvalue weighted by atomic mass is 9.84. The number of ether oxygens (including phenoxy) is 1. The van der Waals surface area contributed by atoms with Crippen LogP contribution in [0.1, 0.15) is 36.4 Å². The summed E-state index contributed by atoms with van der Waals surface area (Å²) in [6.07, 6.45) is -0.777. The van der Waals surface area contributed by atoms with Gasteiger partial charge in [0.1, 0.15) is 5.01 Å². The van der Waals surface area contributed by atoms with Crippen LogP contribution in [-0.2, 0) is 20.9 Å². The Morgan fingerprint density at radius 2 is 2.10 bits per heavy atom. The summed E-state index contributed by atoms with van der Waals surface area (Å²) in [6.45, 7) is 6.70. The molecule has 3 aliphatic heterocycles. The maximum Gasteiger partial charge on any atom is 0.490 e. The molecule has 3 aliphatic rings. The molecule has 0 spiro atoms. The van der Waals surface area contributed by atoms with Crippen molar-refractivity contribution >= 4 is 23.2 Å². The minimum absolute atomic E-state index is 0.227. The van der Waals surface area contributed by atoms with Crippen LogP contribution in [0.5, 0.6) is 0 Å². The fraction of sp³-hybridized carbons (Fsp3) is 0.737. The van der Waals surface area contributed by atoms with Gasteiger partial charge in [0.2, 0.25) is 5.91 Å². The number of carboxylic acids is 1. The van der Waals surface area contributed by atoms with Crippen LogP contribution < -0.4 is 0 Å². The Morgan fingerprint density at radius 3 is 2.67 bits per heavy atom. The van der Waals surface area contributed by atoms with E-state index in [1.807, 2.05) is 6.92 Å². The molecule has 0 radical (unpaired) electrons. The van der Waals surface area contributed by atoms with Gasteiger partial charge in [-0.2, -0.15) is 13.2 Å². The van der Waals surface area contributed by atoms with E-state index in [4.69, 9.17) is 14.6 Å². The molecule has 7 nitrogen and oxygen atoms in total. The SMILES string of the molecule is Cc1csc(CN2C[C@@H]3CCCO[C@@H]3[C@H](N3CCCC3=O)C2)n1.O=C(O)C(F)(F)F. The Balaban J connectivity index is 0.000000318. The molecule has 1 N–H and O–H groups in total. The van der Waals surface area contributed by atoms with Gasteiger partial charge < -0.3 is 14.7 Å². The molecule has 1 aromatic rings. The van der Waals surface area contributed by atoms with Crippen molar-refractivity contribution in [1.82, 2.24) is 14.8 Å². The minimum atomic E-state index is -5.08. The van der Waals surface area contributed by atoms with Gasteiger partial charge in [0.05, 0.1) is 18.7 Å². The third kappa shape index (κ3) is 5.70. The lowest BCUT2D eigenvalue weighted by Crippen LogP contribution is -2.61. The first kappa shape index (κ1) is 23.0. The molecule has 0 bridgehead atoms. The van der Waals surface area contributed by atoms with E-state index >= 15 is 0 Å². The number of thiazole rings is 1. The smallest absolute Gasteiger partial charge is 0.475 e. The van der Waals surface area contributed by atoms with Crippen molar-refractivity contribution < 1.29 is 32.6 Å². The number of hydrogen-bond donors (Lipinski definition) is 1. The highest BCUT2D eigenvalue weighted by molar-refractivity contribution is 7.09. The second kappa shape index (κ2) is 9.61. The highest BCUT2D eigenvalue weighted by Gasteiger charge is 2.44. The minimum Gasteiger partial charge on any atom is -0.475 e. The first-order valence-corrected chi connectivity index (χ1v) is 10.9. The summed E-state index contributed by atoms with van der Waals surface area (Å²) in [5.41, 5.74) is 1.10. The third-order valence-electron chi connectivity index (χ3n) is 5.59. The number of hydrogen-bond acceptors (Lipinski definition) is 6. The standard InChI is InChI=1S/C17H25N3O2S.C2HF3O2/c1-12-11-23-15(18-12)10-19-8-13-4-3-7-22-17(13)14(9-19)20-6-2-5-16(20)21;3-2(4,5)1(6)7/h11,13-14,17H,2-10H2,1H3;(H,6,7)/t13-,14+,17-;/m0./s1. The zero-order chi connectivity index (χ0) is 21.9. The Kier molecular flexibility index (Phi) is 7.35. The molecular weight excluding hydrogens is 423 g/mol. The summed E-state index contributed by atoms with van der Waals surface area (Å²) in [7, 11) is 0. The van der Waals surface area contributed by atoms with Gasteiger partial charge in [-0.25, -0.2) is 9.78 Å². The van der Waals surface area contributed by atoms with E-state index in [2.05, 4.69) is 20.2 Å². The molecule has 0 saturated carbocycles. The molecule has 0 aliphatic carbocycles. The summed E-state index contributed by atoms with van der Waals surface area (Å²) in [4.78, 5) is 30.4. The molecule has 168 valence electrons. The van der Waals surface area contributed by atoms with Gasteiger partial charge >= 0.3 is 12.1 Å². The molecule has 11 heteroatoms. The molecule has 1 aromatic heterocycles. The number of likely N-dealkylation sites (tertiary alicyclic amines) is 2. The predicted molar refractivity (Wildman–Crippen MR) is 103 cm³/mol. The van der Waals surface area contributed by atoms with Gasteiger partial charge in [0.15, 0.2) is 0 Å². The van der Waals surface area contributed by atoms with Gasteiger partial charge in [-0.15, -0.1) is 11.3 Å². The van der Waals surface area contributed by atoms with Crippen molar-refractivity contribution in [3.63, 3.8) is 0 Å². The first-order chi connectivity index (χ1) is 14.1. The zero-order valence-electron chi connectivity index (χ0n) is 16.7. The molecule has 0 aromatic carbocycles. The maximum absolute atomic E-state index is 12.3. The van der Waals surface area contributed by atoms with Crippen LogP contribution in [0, 0.1) is 12.8 Å². The number of alkyl halides is 3. The molecular formula is C19H26F3N3O4S. The Morgan fingerprint density at radius 1 is 1.37 bits per heavy atom. The van der Waals surface area contributed by atoms with E-state index in [9.17, 15) is 18.0 Å². The number of fused-ring (bicyclic) bond motifs is 1. The molecule has 0 unspecified atom stereocenters. The van der Waals surface area contributed by atoms with Gasteiger partial charge in [-0.3, -0.25) is 9.69 Å². The number of amides is 1. The largest absolute Gasteiger partial charge is 0.490 e. The van der Waals surface area contributed by atoms with Crippen LogP contribution in [0.4, 0.5) is 13.2 Å². The van der Waals surface area contributed by atoms with Crippen molar-refractivity contribution in [3.8, 4) is 0 Å². The van der Waals surface area contributed by atoms with Crippen LogP contribution in [0.2, 0.25) is 0 Å². The lowest BCUT2D eigenvalue weighted by molar-refractivity contribution is -0.192. The Hall–Kier alpha value is -1.72. The highest BCUT2D eigenvalue weighted by Crippen LogP contribution is 2.33. The van der Waals surface area contributed by atoms with E-state index in [0.717, 1.165) is 51.3 Å². The normalized spacial score (nSPS) is 27.4. The molecule has 30 heavy (non-hydrogen) atoms. The number of carbonyl (C=O) groups is 2. The second-order valence-corrected chi connectivity index (χ2v) is 8.82. The van der Waals surface area contributed by atoms with Crippen molar-refractivity contribution in [3.05, 3.63) is 16.1 Å². The summed E-state index contributed by atoms with van der Waals surface area (Å²) in [6, 6.07) is 0.227. The average Bonchev–Trinajstić information content (AvgIpc) is 3.28. The summed E-state index contributed by atoms with van der Waals surface area (Å²) < 4.78 is 37.9. The third-order valence-corrected chi connectivity index (χ3v) is 6.54. The van der Waals surface area contributed by atoms with E-state index in [-0.39, 0.29) is 12.1 Å². The number of aryl methyl sites for hydroxylation is 1. The van der Waals surface area contributed by atoms with Gasteiger partial charge in [-0.1, -0.05) is 0 Å².